The quantitative estimate of drug-likeness (QED) is 0.897. The van der Waals surface area contributed by atoms with Gasteiger partial charge in [-0.15, -0.1) is 0 Å². The lowest BCUT2D eigenvalue weighted by molar-refractivity contribution is 0.416. The van der Waals surface area contributed by atoms with E-state index in [2.05, 4.69) is 34.3 Å². The largest absolute Gasteiger partial charge is 0.496 e. The van der Waals surface area contributed by atoms with Gasteiger partial charge in [0.25, 0.3) is 0 Å². The number of nitrogens with one attached hydrogen (secondary N) is 1. The van der Waals surface area contributed by atoms with Gasteiger partial charge >= 0.3 is 0 Å². The zero-order valence-corrected chi connectivity index (χ0v) is 10.9. The van der Waals surface area contributed by atoms with Gasteiger partial charge in [-0.3, -0.25) is 0 Å². The maximum atomic E-state index is 5.39. The van der Waals surface area contributed by atoms with Gasteiger partial charge in [-0.2, -0.15) is 0 Å². The summed E-state index contributed by atoms with van der Waals surface area (Å²) >= 11 is 0. The van der Waals surface area contributed by atoms with Crippen molar-refractivity contribution in [1.82, 2.24) is 9.97 Å². The fourth-order valence-electron chi connectivity index (χ4n) is 1.82. The van der Waals surface area contributed by atoms with Gasteiger partial charge in [-0.05, 0) is 24.1 Å². The maximum Gasteiger partial charge on any atom is 0.129 e. The van der Waals surface area contributed by atoms with E-state index in [-0.39, 0.29) is 0 Å². The van der Waals surface area contributed by atoms with Crippen molar-refractivity contribution in [2.24, 2.45) is 0 Å². The van der Waals surface area contributed by atoms with E-state index in [4.69, 9.17) is 4.74 Å². The summed E-state index contributed by atoms with van der Waals surface area (Å²) in [5.41, 5.74) is 3.12. The Hall–Kier alpha value is -2.10. The van der Waals surface area contributed by atoms with Crippen molar-refractivity contribution in [2.45, 2.75) is 13.3 Å². The van der Waals surface area contributed by atoms with Gasteiger partial charge in [0.05, 0.1) is 12.8 Å². The molecule has 0 saturated carbocycles. The molecule has 1 N–H and O–H groups in total. The van der Waals surface area contributed by atoms with E-state index in [0.717, 1.165) is 29.2 Å². The van der Waals surface area contributed by atoms with Crippen LogP contribution in [0.25, 0.3) is 11.3 Å². The van der Waals surface area contributed by atoms with Crippen molar-refractivity contribution < 1.29 is 4.74 Å². The molecule has 0 fully saturated rings. The molecule has 1 aromatic heterocycles. The highest BCUT2D eigenvalue weighted by Crippen LogP contribution is 2.30. The Kier molecular flexibility index (Phi) is 3.77. The Labute approximate surface area is 107 Å². The summed E-state index contributed by atoms with van der Waals surface area (Å²) in [5, 5.41) is 3.01. The van der Waals surface area contributed by atoms with E-state index in [9.17, 15) is 0 Å². The lowest BCUT2D eigenvalue weighted by Gasteiger charge is -2.10. The van der Waals surface area contributed by atoms with Crippen LogP contribution >= 0.6 is 0 Å². The maximum absolute atomic E-state index is 5.39. The lowest BCUT2D eigenvalue weighted by atomic mass is 10.0. The highest BCUT2D eigenvalue weighted by atomic mass is 16.5. The van der Waals surface area contributed by atoms with E-state index in [1.165, 1.54) is 5.56 Å². The molecule has 0 atom stereocenters. The number of rotatable bonds is 4. The second-order valence-corrected chi connectivity index (χ2v) is 3.93. The molecule has 1 aromatic carbocycles. The van der Waals surface area contributed by atoms with Gasteiger partial charge in [0.15, 0.2) is 0 Å². The van der Waals surface area contributed by atoms with Crippen molar-refractivity contribution in [3.05, 3.63) is 36.2 Å². The molecule has 0 saturated heterocycles. The van der Waals surface area contributed by atoms with Crippen molar-refractivity contribution in [2.75, 3.05) is 19.5 Å². The first-order valence-electron chi connectivity index (χ1n) is 5.95. The Morgan fingerprint density at radius 3 is 2.72 bits per heavy atom. The molecular formula is C14H17N3O. The fraction of sp³-hybridized carbons (Fsp3) is 0.286. The minimum atomic E-state index is 0.795. The predicted molar refractivity (Wildman–Crippen MR) is 72.9 cm³/mol. The number of hydrogen-bond acceptors (Lipinski definition) is 4. The Balaban J connectivity index is 2.53. The summed E-state index contributed by atoms with van der Waals surface area (Å²) < 4.78 is 5.39. The van der Waals surface area contributed by atoms with Crippen LogP contribution in [0, 0.1) is 0 Å². The Morgan fingerprint density at radius 1 is 1.22 bits per heavy atom. The van der Waals surface area contributed by atoms with Crippen molar-refractivity contribution >= 4 is 5.82 Å². The molecule has 0 amide bonds. The highest BCUT2D eigenvalue weighted by Gasteiger charge is 2.08. The molecule has 4 heteroatoms. The summed E-state index contributed by atoms with van der Waals surface area (Å²) in [5.74, 6) is 1.62. The van der Waals surface area contributed by atoms with E-state index in [0.29, 0.717) is 0 Å². The standard InChI is InChI=1S/C14H17N3O/c1-4-10-5-6-13(18-3)11(7-10)12-8-14(15-2)17-9-16-12/h5-9H,4H2,1-3H3,(H,15,16,17). The van der Waals surface area contributed by atoms with Crippen LogP contribution < -0.4 is 10.1 Å². The summed E-state index contributed by atoms with van der Waals surface area (Å²) in [4.78, 5) is 8.43. The minimum Gasteiger partial charge on any atom is -0.496 e. The third-order valence-electron chi connectivity index (χ3n) is 2.87. The van der Waals surface area contributed by atoms with Gasteiger partial charge in [0, 0.05) is 18.7 Å². The molecule has 0 spiro atoms. The van der Waals surface area contributed by atoms with E-state index in [1.54, 1.807) is 13.4 Å². The zero-order valence-electron chi connectivity index (χ0n) is 10.9. The molecule has 0 unspecified atom stereocenters. The summed E-state index contributed by atoms with van der Waals surface area (Å²) in [7, 11) is 3.51. The third-order valence-corrected chi connectivity index (χ3v) is 2.87. The van der Waals surface area contributed by atoms with E-state index >= 15 is 0 Å². The second-order valence-electron chi connectivity index (χ2n) is 3.93. The molecule has 94 valence electrons. The number of methoxy groups -OCH3 is 1. The average molecular weight is 243 g/mol. The summed E-state index contributed by atoms with van der Waals surface area (Å²) in [6, 6.07) is 8.08. The van der Waals surface area contributed by atoms with Crippen LogP contribution in [-0.2, 0) is 6.42 Å². The first-order valence-corrected chi connectivity index (χ1v) is 5.95. The molecule has 0 aliphatic rings. The summed E-state index contributed by atoms with van der Waals surface area (Å²) in [6.07, 6.45) is 2.54. The van der Waals surface area contributed by atoms with Crippen molar-refractivity contribution in [1.29, 1.82) is 0 Å². The molecule has 2 aromatic rings. The lowest BCUT2D eigenvalue weighted by Crippen LogP contribution is -1.96. The molecule has 1 heterocycles. The number of nitrogens with zero attached hydrogens (tertiary/aromatic N) is 2. The Bertz CT molecular complexity index is 540. The summed E-state index contributed by atoms with van der Waals surface area (Å²) in [6.45, 7) is 2.13. The van der Waals surface area contributed by atoms with Crippen molar-refractivity contribution in [3.63, 3.8) is 0 Å². The number of ether oxygens (including phenoxy) is 1. The van der Waals surface area contributed by atoms with Crippen LogP contribution in [0.3, 0.4) is 0 Å². The van der Waals surface area contributed by atoms with Crippen molar-refractivity contribution in [3.8, 4) is 17.0 Å². The zero-order chi connectivity index (χ0) is 13.0. The minimum absolute atomic E-state index is 0.795. The molecule has 0 aliphatic carbocycles. The van der Waals surface area contributed by atoms with Gasteiger partial charge in [0.1, 0.15) is 17.9 Å². The second kappa shape index (κ2) is 5.49. The van der Waals surface area contributed by atoms with Gasteiger partial charge in [-0.1, -0.05) is 13.0 Å². The molecule has 18 heavy (non-hydrogen) atoms. The molecule has 2 rings (SSSR count). The van der Waals surface area contributed by atoms with E-state index < -0.39 is 0 Å². The number of hydrogen-bond donors (Lipinski definition) is 1. The number of benzene rings is 1. The normalized spacial score (nSPS) is 10.2. The third kappa shape index (κ3) is 2.42. The van der Waals surface area contributed by atoms with Crippen LogP contribution in [0.15, 0.2) is 30.6 Å². The SMILES string of the molecule is CCc1ccc(OC)c(-c2cc(NC)ncn2)c1. The molecule has 0 bridgehead atoms. The van der Waals surface area contributed by atoms with Gasteiger partial charge in [-0.25, -0.2) is 9.97 Å². The van der Waals surface area contributed by atoms with Crippen LogP contribution in [0.1, 0.15) is 12.5 Å². The first-order chi connectivity index (χ1) is 8.78. The predicted octanol–water partition coefficient (Wildman–Crippen LogP) is 2.76. The molecule has 0 radical (unpaired) electrons. The smallest absolute Gasteiger partial charge is 0.129 e. The monoisotopic (exact) mass is 243 g/mol. The number of anilines is 1. The highest BCUT2D eigenvalue weighted by molar-refractivity contribution is 5.69. The van der Waals surface area contributed by atoms with Crippen LogP contribution in [0.5, 0.6) is 5.75 Å². The molecular weight excluding hydrogens is 226 g/mol. The number of aryl methyl sites for hydroxylation is 1. The molecule has 4 nitrogen and oxygen atoms in total. The van der Waals surface area contributed by atoms with Crippen LogP contribution in [-0.4, -0.2) is 24.1 Å². The van der Waals surface area contributed by atoms with Crippen LogP contribution in [0.4, 0.5) is 5.82 Å². The topological polar surface area (TPSA) is 47.0 Å². The number of aromatic nitrogens is 2. The van der Waals surface area contributed by atoms with E-state index in [1.807, 2.05) is 19.2 Å². The first kappa shape index (κ1) is 12.4. The van der Waals surface area contributed by atoms with Crippen LogP contribution in [0.2, 0.25) is 0 Å². The van der Waals surface area contributed by atoms with Gasteiger partial charge in [0.2, 0.25) is 0 Å². The Morgan fingerprint density at radius 2 is 2.06 bits per heavy atom. The molecule has 0 aliphatic heterocycles. The van der Waals surface area contributed by atoms with Gasteiger partial charge < -0.3 is 10.1 Å². The average Bonchev–Trinajstić information content (AvgIpc) is 2.46. The fourth-order valence-corrected chi connectivity index (χ4v) is 1.82.